The molecule has 0 radical (unpaired) electrons. The Morgan fingerprint density at radius 3 is 2.51 bits per heavy atom. The number of hydrogen-bond donors (Lipinski definition) is 4. The highest BCUT2D eigenvalue weighted by Gasteiger charge is 2.26. The number of esters is 1. The number of ether oxygens (including phenoxy) is 2. The van der Waals surface area contributed by atoms with Gasteiger partial charge in [0.05, 0.1) is 17.2 Å². The fourth-order valence-electron chi connectivity index (χ4n) is 4.22. The van der Waals surface area contributed by atoms with E-state index in [2.05, 4.69) is 24.5 Å². The first-order chi connectivity index (χ1) is 17.6. The maximum atomic E-state index is 12.6. The summed E-state index contributed by atoms with van der Waals surface area (Å²) in [5.41, 5.74) is 11.4. The van der Waals surface area contributed by atoms with Crippen LogP contribution >= 0.6 is 22.9 Å². The molecular formula is C26H35ClN4O5S. The number of carbonyl (C=O) groups is 3. The van der Waals surface area contributed by atoms with Gasteiger partial charge in [0.2, 0.25) is 0 Å². The second kappa shape index (κ2) is 13.6. The zero-order valence-corrected chi connectivity index (χ0v) is 22.8. The monoisotopic (exact) mass is 550 g/mol. The predicted octanol–water partition coefficient (Wildman–Crippen LogP) is 4.92. The van der Waals surface area contributed by atoms with Gasteiger partial charge in [0.15, 0.2) is 0 Å². The fraction of sp³-hybridized carbons (Fsp3) is 0.500. The molecule has 1 aliphatic rings. The summed E-state index contributed by atoms with van der Waals surface area (Å²) in [5, 5.41) is 6.43. The number of amides is 3. The van der Waals surface area contributed by atoms with E-state index in [0.29, 0.717) is 46.7 Å². The van der Waals surface area contributed by atoms with Crippen LogP contribution in [0, 0.1) is 5.92 Å². The molecule has 1 aliphatic carbocycles. The highest BCUT2D eigenvalue weighted by molar-refractivity contribution is 7.20. The van der Waals surface area contributed by atoms with Crippen LogP contribution in [0.2, 0.25) is 5.02 Å². The van der Waals surface area contributed by atoms with Crippen molar-refractivity contribution < 1.29 is 23.9 Å². The van der Waals surface area contributed by atoms with E-state index in [1.807, 2.05) is 0 Å². The summed E-state index contributed by atoms with van der Waals surface area (Å²) in [6, 6.07) is 5.70. The molecule has 2 aromatic rings. The molecule has 0 unspecified atom stereocenters. The molecule has 1 fully saturated rings. The average Bonchev–Trinajstić information content (AvgIpc) is 3.47. The van der Waals surface area contributed by atoms with Gasteiger partial charge in [-0.25, -0.2) is 4.79 Å². The number of rotatable bonds is 13. The molecule has 1 saturated carbocycles. The first-order valence-corrected chi connectivity index (χ1v) is 13.7. The molecular weight excluding hydrogens is 516 g/mol. The third-order valence-corrected chi connectivity index (χ3v) is 7.39. The summed E-state index contributed by atoms with van der Waals surface area (Å²) in [6.07, 6.45) is 5.64. The van der Waals surface area contributed by atoms with Gasteiger partial charge in [-0.05, 0) is 75.3 Å². The van der Waals surface area contributed by atoms with Crippen molar-refractivity contribution >= 4 is 45.8 Å². The van der Waals surface area contributed by atoms with Crippen molar-refractivity contribution in [3.05, 3.63) is 34.9 Å². The summed E-state index contributed by atoms with van der Waals surface area (Å²) < 4.78 is 11.5. The van der Waals surface area contributed by atoms with Crippen molar-refractivity contribution in [1.29, 1.82) is 0 Å². The minimum atomic E-state index is -0.790. The van der Waals surface area contributed by atoms with Crippen LogP contribution in [0.5, 0.6) is 5.75 Å². The lowest BCUT2D eigenvalue weighted by atomic mass is 10.0. The lowest BCUT2D eigenvalue weighted by Crippen LogP contribution is -2.41. The van der Waals surface area contributed by atoms with Gasteiger partial charge in [-0.2, -0.15) is 0 Å². The van der Waals surface area contributed by atoms with E-state index in [-0.39, 0.29) is 28.7 Å². The van der Waals surface area contributed by atoms with E-state index in [9.17, 15) is 14.4 Å². The number of thiophene rings is 1. The molecule has 3 amide bonds. The third kappa shape index (κ3) is 8.62. The Morgan fingerprint density at radius 1 is 1.16 bits per heavy atom. The van der Waals surface area contributed by atoms with Gasteiger partial charge in [-0.3, -0.25) is 14.9 Å². The van der Waals surface area contributed by atoms with Crippen molar-refractivity contribution in [3.63, 3.8) is 0 Å². The van der Waals surface area contributed by atoms with Gasteiger partial charge in [-0.1, -0.05) is 25.4 Å². The number of nitrogens with one attached hydrogen (secondary N) is 2. The number of halogens is 1. The van der Waals surface area contributed by atoms with Gasteiger partial charge in [-0.15, -0.1) is 11.3 Å². The van der Waals surface area contributed by atoms with E-state index in [1.165, 1.54) is 0 Å². The lowest BCUT2D eigenvalue weighted by Gasteiger charge is -2.21. The molecule has 1 atom stereocenters. The van der Waals surface area contributed by atoms with Crippen molar-refractivity contribution in [2.45, 2.75) is 64.5 Å². The van der Waals surface area contributed by atoms with E-state index >= 15 is 0 Å². The average molecular weight is 551 g/mol. The zero-order valence-electron chi connectivity index (χ0n) is 21.2. The zero-order chi connectivity index (χ0) is 26.9. The number of benzene rings is 1. The van der Waals surface area contributed by atoms with Crippen LogP contribution in [0.3, 0.4) is 0 Å². The Morgan fingerprint density at radius 2 is 1.89 bits per heavy atom. The summed E-state index contributed by atoms with van der Waals surface area (Å²) in [6.45, 7) is 5.23. The smallest absolute Gasteiger partial charge is 0.323 e. The summed E-state index contributed by atoms with van der Waals surface area (Å²) in [5.74, 6) is 0.121. The molecule has 0 spiro atoms. The molecule has 37 heavy (non-hydrogen) atoms. The summed E-state index contributed by atoms with van der Waals surface area (Å²) in [4.78, 5) is 36.2. The van der Waals surface area contributed by atoms with Crippen LogP contribution in [0.15, 0.2) is 24.3 Å². The maximum Gasteiger partial charge on any atom is 0.323 e. The van der Waals surface area contributed by atoms with Gasteiger partial charge < -0.3 is 26.3 Å². The molecule has 202 valence electrons. The van der Waals surface area contributed by atoms with Crippen molar-refractivity contribution in [2.75, 3.05) is 18.5 Å². The standard InChI is InChI=1S/C26H35ClN4O5S/c1-15(2)12-21(25(33)36-16-6-3-4-7-16)30-10-5-11-35-17-8-9-18(20(27)13-17)22-14-19(23(28)32)24(37-22)31-26(29)34/h8-9,13-16,21,30H,3-7,10-12H2,1-2H3,(H2,28,32)(H3,29,31,34)/t21-/m1/s1. The van der Waals surface area contributed by atoms with E-state index in [4.69, 9.17) is 32.5 Å². The Labute approximate surface area is 226 Å². The topological polar surface area (TPSA) is 146 Å². The highest BCUT2D eigenvalue weighted by atomic mass is 35.5. The Balaban J connectivity index is 1.52. The van der Waals surface area contributed by atoms with E-state index in [1.54, 1.807) is 24.3 Å². The van der Waals surface area contributed by atoms with Gasteiger partial charge in [0.25, 0.3) is 5.91 Å². The second-order valence-corrected chi connectivity index (χ2v) is 11.0. The molecule has 3 rings (SSSR count). The minimum absolute atomic E-state index is 0.0579. The van der Waals surface area contributed by atoms with E-state index < -0.39 is 11.9 Å². The number of hydrogen-bond acceptors (Lipinski definition) is 7. The number of primary amides is 2. The molecule has 0 saturated heterocycles. The quantitative estimate of drug-likeness (QED) is 0.206. The third-order valence-electron chi connectivity index (χ3n) is 6.00. The van der Waals surface area contributed by atoms with Gasteiger partial charge in [0.1, 0.15) is 22.9 Å². The first-order valence-electron chi connectivity index (χ1n) is 12.5. The molecule has 1 aromatic carbocycles. The van der Waals surface area contributed by atoms with Crippen LogP contribution in [-0.2, 0) is 9.53 Å². The number of nitrogens with two attached hydrogens (primary N) is 2. The van der Waals surface area contributed by atoms with Crippen LogP contribution in [0.25, 0.3) is 10.4 Å². The van der Waals surface area contributed by atoms with Crippen LogP contribution in [-0.4, -0.2) is 43.2 Å². The Kier molecular flexibility index (Phi) is 10.6. The molecule has 6 N–H and O–H groups in total. The highest BCUT2D eigenvalue weighted by Crippen LogP contribution is 2.39. The lowest BCUT2D eigenvalue weighted by molar-refractivity contribution is -0.151. The SMILES string of the molecule is CC(C)C[C@@H](NCCCOc1ccc(-c2cc(C(N)=O)c(NC(N)=O)s2)c(Cl)c1)C(=O)OC1CCCC1. The van der Waals surface area contributed by atoms with Gasteiger partial charge >= 0.3 is 12.0 Å². The molecule has 1 aromatic heterocycles. The molecule has 11 heteroatoms. The Hall–Kier alpha value is -2.82. The van der Waals surface area contributed by atoms with Gasteiger partial charge in [0, 0.05) is 10.4 Å². The minimum Gasteiger partial charge on any atom is -0.493 e. The summed E-state index contributed by atoms with van der Waals surface area (Å²) in [7, 11) is 0. The second-order valence-electron chi connectivity index (χ2n) is 9.53. The Bertz CT molecular complexity index is 1100. The normalized spacial score (nSPS) is 14.5. The van der Waals surface area contributed by atoms with Crippen molar-refractivity contribution in [2.24, 2.45) is 17.4 Å². The molecule has 1 heterocycles. The number of anilines is 1. The fourth-order valence-corrected chi connectivity index (χ4v) is 5.66. The largest absolute Gasteiger partial charge is 0.493 e. The van der Waals surface area contributed by atoms with Crippen LogP contribution < -0.4 is 26.8 Å². The predicted molar refractivity (Wildman–Crippen MR) is 146 cm³/mol. The molecule has 9 nitrogen and oxygen atoms in total. The van der Waals surface area contributed by atoms with Crippen molar-refractivity contribution in [3.8, 4) is 16.2 Å². The maximum absolute atomic E-state index is 12.6. The number of urea groups is 1. The molecule has 0 bridgehead atoms. The van der Waals surface area contributed by atoms with E-state index in [0.717, 1.165) is 43.4 Å². The van der Waals surface area contributed by atoms with Crippen molar-refractivity contribution in [1.82, 2.24) is 5.32 Å². The van der Waals surface area contributed by atoms with Crippen LogP contribution in [0.1, 0.15) is 62.7 Å². The van der Waals surface area contributed by atoms with Crippen LogP contribution in [0.4, 0.5) is 9.80 Å². The molecule has 0 aliphatic heterocycles. The summed E-state index contributed by atoms with van der Waals surface area (Å²) >= 11 is 7.63. The number of carbonyl (C=O) groups excluding carboxylic acids is 3. The first kappa shape index (κ1) is 28.7.